The van der Waals surface area contributed by atoms with Crippen LogP contribution in [0.4, 0.5) is 0 Å². The fourth-order valence-electron chi connectivity index (χ4n) is 3.52. The Bertz CT molecular complexity index is 1100. The van der Waals surface area contributed by atoms with Crippen molar-refractivity contribution < 1.29 is 0 Å². The lowest BCUT2D eigenvalue weighted by atomic mass is 10.0. The van der Waals surface area contributed by atoms with Gasteiger partial charge in [-0.2, -0.15) is 15.0 Å². The molecule has 5 heteroatoms. The van der Waals surface area contributed by atoms with Crippen LogP contribution in [0.1, 0.15) is 49.4 Å². The second-order valence-corrected chi connectivity index (χ2v) is 8.73. The molecule has 30 heavy (non-hydrogen) atoms. The molecular weight excluding hydrogens is 388 g/mol. The summed E-state index contributed by atoms with van der Waals surface area (Å²) >= 11 is 1.78. The van der Waals surface area contributed by atoms with Gasteiger partial charge >= 0.3 is 0 Å². The normalized spacial score (nSPS) is 11.3. The van der Waals surface area contributed by atoms with E-state index in [2.05, 4.69) is 62.5 Å². The standard InChI is InChI=1S/C25H28N4S/c1-4-29-27-23(20-12-6-5-7-13-20)24(28-29)21-14-8-10-19(16-21)11-9-15-22-17-30-25(26-22)18(2)3/h5-8,10,12-14,16-18H,4,9,11,15H2,1-3H3. The van der Waals surface area contributed by atoms with Crippen LogP contribution < -0.4 is 0 Å². The first kappa shape index (κ1) is 20.5. The average molecular weight is 417 g/mol. The topological polar surface area (TPSA) is 43.6 Å². The highest BCUT2D eigenvalue weighted by Crippen LogP contribution is 2.29. The van der Waals surface area contributed by atoms with Crippen LogP contribution in [-0.2, 0) is 19.4 Å². The van der Waals surface area contributed by atoms with E-state index >= 15 is 0 Å². The van der Waals surface area contributed by atoms with Crippen molar-refractivity contribution in [2.24, 2.45) is 0 Å². The first-order valence-corrected chi connectivity index (χ1v) is 11.6. The third-order valence-corrected chi connectivity index (χ3v) is 6.34. The van der Waals surface area contributed by atoms with Gasteiger partial charge in [0.25, 0.3) is 0 Å². The lowest BCUT2D eigenvalue weighted by molar-refractivity contribution is 0.572. The van der Waals surface area contributed by atoms with E-state index in [9.17, 15) is 0 Å². The minimum Gasteiger partial charge on any atom is -0.246 e. The molecule has 4 nitrogen and oxygen atoms in total. The van der Waals surface area contributed by atoms with Crippen LogP contribution >= 0.6 is 11.3 Å². The van der Waals surface area contributed by atoms with E-state index in [0.29, 0.717) is 5.92 Å². The summed E-state index contributed by atoms with van der Waals surface area (Å²) in [4.78, 5) is 6.54. The molecule has 0 N–H and O–H groups in total. The van der Waals surface area contributed by atoms with Gasteiger partial charge in [-0.25, -0.2) is 4.98 Å². The molecule has 0 bridgehead atoms. The zero-order chi connectivity index (χ0) is 20.9. The van der Waals surface area contributed by atoms with Gasteiger partial charge < -0.3 is 0 Å². The van der Waals surface area contributed by atoms with Crippen LogP contribution in [0.25, 0.3) is 22.5 Å². The highest BCUT2D eigenvalue weighted by molar-refractivity contribution is 7.09. The summed E-state index contributed by atoms with van der Waals surface area (Å²) < 4.78 is 0. The molecule has 0 aliphatic rings. The molecule has 0 amide bonds. The SMILES string of the molecule is CCn1nc(-c2ccccc2)c(-c2cccc(CCCc3csc(C(C)C)n3)c2)n1. The molecule has 0 radical (unpaired) electrons. The van der Waals surface area contributed by atoms with E-state index in [1.54, 1.807) is 16.1 Å². The van der Waals surface area contributed by atoms with Crippen molar-refractivity contribution in [1.29, 1.82) is 0 Å². The van der Waals surface area contributed by atoms with Crippen LogP contribution in [0, 0.1) is 0 Å². The van der Waals surface area contributed by atoms with E-state index < -0.39 is 0 Å². The minimum absolute atomic E-state index is 0.510. The smallest absolute Gasteiger partial charge is 0.121 e. The van der Waals surface area contributed by atoms with Crippen LogP contribution in [0.3, 0.4) is 0 Å². The number of aromatic nitrogens is 4. The van der Waals surface area contributed by atoms with Gasteiger partial charge in [0.2, 0.25) is 0 Å². The predicted octanol–water partition coefficient (Wildman–Crippen LogP) is 6.39. The second kappa shape index (κ2) is 9.35. The number of benzene rings is 2. The monoisotopic (exact) mass is 416 g/mol. The summed E-state index contributed by atoms with van der Waals surface area (Å²) in [5.41, 5.74) is 6.67. The molecule has 0 fully saturated rings. The van der Waals surface area contributed by atoms with Crippen LogP contribution in [0.2, 0.25) is 0 Å². The molecule has 0 atom stereocenters. The summed E-state index contributed by atoms with van der Waals surface area (Å²) in [6, 6.07) is 19.0. The highest BCUT2D eigenvalue weighted by atomic mass is 32.1. The molecule has 0 aliphatic heterocycles. The Morgan fingerprint density at radius 2 is 1.63 bits per heavy atom. The molecule has 0 aliphatic carbocycles. The van der Waals surface area contributed by atoms with Gasteiger partial charge in [0.1, 0.15) is 11.4 Å². The summed E-state index contributed by atoms with van der Waals surface area (Å²) in [7, 11) is 0. The Morgan fingerprint density at radius 3 is 2.33 bits per heavy atom. The number of nitrogens with zero attached hydrogens (tertiary/aromatic N) is 4. The van der Waals surface area contributed by atoms with Gasteiger partial charge in [-0.15, -0.1) is 11.3 Å². The first-order chi connectivity index (χ1) is 14.6. The van der Waals surface area contributed by atoms with Gasteiger partial charge in [-0.05, 0) is 37.8 Å². The molecule has 4 aromatic rings. The van der Waals surface area contributed by atoms with Gasteiger partial charge in [0, 0.05) is 22.4 Å². The third kappa shape index (κ3) is 4.68. The lowest BCUT2D eigenvalue weighted by Gasteiger charge is -2.05. The maximum atomic E-state index is 4.76. The highest BCUT2D eigenvalue weighted by Gasteiger charge is 2.15. The van der Waals surface area contributed by atoms with Crippen LogP contribution in [0.5, 0.6) is 0 Å². The summed E-state index contributed by atoms with van der Waals surface area (Å²) in [5, 5.41) is 12.9. The van der Waals surface area contributed by atoms with E-state index in [4.69, 9.17) is 15.2 Å². The average Bonchev–Trinajstić information content (AvgIpc) is 3.42. The molecular formula is C25H28N4S. The summed E-state index contributed by atoms with van der Waals surface area (Å²) in [6.45, 7) is 7.22. The van der Waals surface area contributed by atoms with Gasteiger partial charge in [-0.1, -0.05) is 62.4 Å². The second-order valence-electron chi connectivity index (χ2n) is 7.84. The van der Waals surface area contributed by atoms with Crippen molar-refractivity contribution in [3.63, 3.8) is 0 Å². The predicted molar refractivity (Wildman–Crippen MR) is 125 cm³/mol. The number of thiazole rings is 1. The van der Waals surface area contributed by atoms with E-state index in [1.165, 1.54) is 16.3 Å². The lowest BCUT2D eigenvalue weighted by Crippen LogP contribution is -1.98. The van der Waals surface area contributed by atoms with Crippen molar-refractivity contribution in [3.05, 3.63) is 76.2 Å². The minimum atomic E-state index is 0.510. The molecule has 2 heterocycles. The van der Waals surface area contributed by atoms with Crippen LogP contribution in [-0.4, -0.2) is 20.0 Å². The molecule has 2 aromatic carbocycles. The van der Waals surface area contributed by atoms with Crippen molar-refractivity contribution in [3.8, 4) is 22.5 Å². The maximum absolute atomic E-state index is 4.76. The van der Waals surface area contributed by atoms with Crippen LogP contribution in [0.15, 0.2) is 60.0 Å². The van der Waals surface area contributed by atoms with Crippen molar-refractivity contribution in [2.75, 3.05) is 0 Å². The van der Waals surface area contributed by atoms with Crippen molar-refractivity contribution in [2.45, 2.75) is 52.5 Å². The first-order valence-electron chi connectivity index (χ1n) is 10.7. The van der Waals surface area contributed by atoms with E-state index in [-0.39, 0.29) is 0 Å². The quantitative estimate of drug-likeness (QED) is 0.334. The summed E-state index contributed by atoms with van der Waals surface area (Å²) in [5.74, 6) is 0.510. The number of hydrogen-bond acceptors (Lipinski definition) is 4. The fourth-order valence-corrected chi connectivity index (χ4v) is 4.39. The molecule has 2 aromatic heterocycles. The number of hydrogen-bond donors (Lipinski definition) is 0. The van der Waals surface area contributed by atoms with Gasteiger partial charge in [0.05, 0.1) is 17.2 Å². The number of aryl methyl sites for hydroxylation is 3. The Morgan fingerprint density at radius 1 is 0.900 bits per heavy atom. The zero-order valence-electron chi connectivity index (χ0n) is 17.9. The molecule has 4 rings (SSSR count). The molecule has 0 spiro atoms. The zero-order valence-corrected chi connectivity index (χ0v) is 18.7. The van der Waals surface area contributed by atoms with Crippen molar-refractivity contribution in [1.82, 2.24) is 20.0 Å². The van der Waals surface area contributed by atoms with E-state index in [0.717, 1.165) is 48.3 Å². The molecule has 154 valence electrons. The summed E-state index contributed by atoms with van der Waals surface area (Å²) in [6.07, 6.45) is 3.15. The maximum Gasteiger partial charge on any atom is 0.121 e. The Balaban J connectivity index is 1.51. The van der Waals surface area contributed by atoms with Crippen molar-refractivity contribution >= 4 is 11.3 Å². The largest absolute Gasteiger partial charge is 0.246 e. The Kier molecular flexibility index (Phi) is 6.38. The Hall–Kier alpha value is -2.79. The molecule has 0 saturated carbocycles. The Labute approximate surface area is 182 Å². The molecule has 0 unspecified atom stereocenters. The molecule has 0 saturated heterocycles. The van der Waals surface area contributed by atoms with Gasteiger partial charge in [-0.3, -0.25) is 0 Å². The fraction of sp³-hybridized carbons (Fsp3) is 0.320. The number of rotatable bonds is 8. The third-order valence-electron chi connectivity index (χ3n) is 5.15. The van der Waals surface area contributed by atoms with E-state index in [1.807, 2.05) is 18.2 Å². The van der Waals surface area contributed by atoms with Gasteiger partial charge in [0.15, 0.2) is 0 Å².